The summed E-state index contributed by atoms with van der Waals surface area (Å²) >= 11 is 1.83. The summed E-state index contributed by atoms with van der Waals surface area (Å²) in [5.41, 5.74) is 7.48. The molecule has 4 heteroatoms. The molecule has 0 aliphatic carbocycles. The molecule has 0 bridgehead atoms. The molecule has 1 atom stereocenters. The number of likely N-dealkylation sites (N-methyl/N-ethyl adjacent to an activating group) is 1. The van der Waals surface area contributed by atoms with E-state index in [0.717, 1.165) is 13.1 Å². The Bertz CT molecular complexity index is 574. The molecule has 3 nitrogen and oxygen atoms in total. The topological polar surface area (TPSA) is 32.5 Å². The van der Waals surface area contributed by atoms with Gasteiger partial charge >= 0.3 is 0 Å². The molecule has 2 aromatic rings. The Morgan fingerprint density at radius 2 is 2.05 bits per heavy atom. The molecule has 114 valence electrons. The van der Waals surface area contributed by atoms with Crippen LogP contribution in [-0.2, 0) is 0 Å². The molecule has 1 aliphatic rings. The van der Waals surface area contributed by atoms with Crippen molar-refractivity contribution in [2.45, 2.75) is 18.9 Å². The summed E-state index contributed by atoms with van der Waals surface area (Å²) in [6, 6.07) is 8.97. The number of thiophene rings is 1. The van der Waals surface area contributed by atoms with Gasteiger partial charge in [0.2, 0.25) is 0 Å². The lowest BCUT2D eigenvalue weighted by molar-refractivity contribution is 0.210. The van der Waals surface area contributed by atoms with Crippen molar-refractivity contribution in [2.24, 2.45) is 5.73 Å². The van der Waals surface area contributed by atoms with E-state index < -0.39 is 0 Å². The van der Waals surface area contributed by atoms with Gasteiger partial charge in [-0.25, -0.2) is 0 Å². The highest BCUT2D eigenvalue weighted by Gasteiger charge is 2.20. The quantitative estimate of drug-likeness (QED) is 0.890. The van der Waals surface area contributed by atoms with Gasteiger partial charge in [-0.05, 0) is 55.4 Å². The fraction of sp³-hybridized carbons (Fsp3) is 0.529. The first-order chi connectivity index (χ1) is 10.3. The molecule has 2 N–H and O–H groups in total. The number of hydrogen-bond donors (Lipinski definition) is 1. The highest BCUT2D eigenvalue weighted by atomic mass is 32.1. The van der Waals surface area contributed by atoms with Crippen LogP contribution in [0.25, 0.3) is 10.1 Å². The van der Waals surface area contributed by atoms with Gasteiger partial charge in [0, 0.05) is 30.4 Å². The molecule has 1 aromatic heterocycles. The van der Waals surface area contributed by atoms with Crippen molar-refractivity contribution in [3.63, 3.8) is 0 Å². The van der Waals surface area contributed by atoms with E-state index in [2.05, 4.69) is 46.5 Å². The van der Waals surface area contributed by atoms with Crippen LogP contribution in [0.5, 0.6) is 0 Å². The first-order valence-electron chi connectivity index (χ1n) is 7.88. The number of hydrogen-bond acceptors (Lipinski definition) is 4. The van der Waals surface area contributed by atoms with Gasteiger partial charge in [0.25, 0.3) is 0 Å². The van der Waals surface area contributed by atoms with Crippen LogP contribution in [0.15, 0.2) is 29.6 Å². The standard InChI is InChI=1S/C17H25N3S/c1-19(10-11-20-8-4-5-9-20)16(12-18)15-13-21-17-7-3-2-6-14(15)17/h2-3,6-7,13,16H,4-5,8-12,18H2,1H3. The predicted molar refractivity (Wildman–Crippen MR) is 91.9 cm³/mol. The third kappa shape index (κ3) is 3.29. The van der Waals surface area contributed by atoms with E-state index in [-0.39, 0.29) is 0 Å². The fourth-order valence-corrected chi connectivity index (χ4v) is 4.27. The first kappa shape index (κ1) is 15.0. The van der Waals surface area contributed by atoms with Gasteiger partial charge in [0.15, 0.2) is 0 Å². The average molecular weight is 303 g/mol. The maximum atomic E-state index is 6.09. The Kier molecular flexibility index (Phi) is 4.91. The third-order valence-electron chi connectivity index (χ3n) is 4.59. The molecule has 0 spiro atoms. The summed E-state index contributed by atoms with van der Waals surface area (Å²) in [7, 11) is 2.21. The lowest BCUT2D eigenvalue weighted by atomic mass is 10.0. The minimum absolute atomic E-state index is 0.323. The first-order valence-corrected chi connectivity index (χ1v) is 8.76. The van der Waals surface area contributed by atoms with Crippen LogP contribution in [0.3, 0.4) is 0 Å². The van der Waals surface area contributed by atoms with E-state index in [1.807, 2.05) is 11.3 Å². The molecule has 1 saturated heterocycles. The average Bonchev–Trinajstić information content (AvgIpc) is 3.16. The number of fused-ring (bicyclic) bond motifs is 1. The Hall–Kier alpha value is -0.940. The van der Waals surface area contributed by atoms with Crippen LogP contribution >= 0.6 is 11.3 Å². The van der Waals surface area contributed by atoms with Gasteiger partial charge in [0.05, 0.1) is 0 Å². The van der Waals surface area contributed by atoms with Crippen LogP contribution in [0.1, 0.15) is 24.4 Å². The van der Waals surface area contributed by atoms with E-state index in [4.69, 9.17) is 5.73 Å². The molecule has 21 heavy (non-hydrogen) atoms. The number of benzene rings is 1. The maximum absolute atomic E-state index is 6.09. The Labute approximate surface area is 131 Å². The second-order valence-electron chi connectivity index (χ2n) is 5.97. The number of likely N-dealkylation sites (tertiary alicyclic amines) is 1. The zero-order valence-electron chi connectivity index (χ0n) is 12.8. The summed E-state index contributed by atoms with van der Waals surface area (Å²) in [5.74, 6) is 0. The lowest BCUT2D eigenvalue weighted by Gasteiger charge is -2.28. The largest absolute Gasteiger partial charge is 0.329 e. The van der Waals surface area contributed by atoms with Crippen LogP contribution < -0.4 is 5.73 Å². The highest BCUT2D eigenvalue weighted by Crippen LogP contribution is 2.32. The minimum Gasteiger partial charge on any atom is -0.329 e. The Morgan fingerprint density at radius 1 is 1.29 bits per heavy atom. The maximum Gasteiger partial charge on any atom is 0.0482 e. The molecule has 0 radical (unpaired) electrons. The third-order valence-corrected chi connectivity index (χ3v) is 5.57. The van der Waals surface area contributed by atoms with E-state index in [1.165, 1.54) is 41.6 Å². The lowest BCUT2D eigenvalue weighted by Crippen LogP contribution is -2.36. The summed E-state index contributed by atoms with van der Waals surface area (Å²) < 4.78 is 1.36. The van der Waals surface area contributed by atoms with Crippen LogP contribution in [0.4, 0.5) is 0 Å². The number of nitrogens with zero attached hydrogens (tertiary/aromatic N) is 2. The Balaban J connectivity index is 1.71. The molecule has 3 rings (SSSR count). The van der Waals surface area contributed by atoms with Gasteiger partial charge in [-0.2, -0.15) is 0 Å². The number of nitrogens with two attached hydrogens (primary N) is 1. The summed E-state index contributed by atoms with van der Waals surface area (Å²) in [4.78, 5) is 4.99. The molecule has 1 unspecified atom stereocenters. The van der Waals surface area contributed by atoms with Crippen molar-refractivity contribution >= 4 is 21.4 Å². The highest BCUT2D eigenvalue weighted by molar-refractivity contribution is 7.17. The molecule has 0 saturated carbocycles. The molecular formula is C17H25N3S. The van der Waals surface area contributed by atoms with Crippen molar-refractivity contribution in [2.75, 3.05) is 39.8 Å². The normalized spacial score (nSPS) is 17.9. The minimum atomic E-state index is 0.323. The number of rotatable bonds is 6. The smallest absolute Gasteiger partial charge is 0.0482 e. The molecule has 1 aromatic carbocycles. The van der Waals surface area contributed by atoms with Crippen molar-refractivity contribution in [1.29, 1.82) is 0 Å². The van der Waals surface area contributed by atoms with E-state index in [9.17, 15) is 0 Å². The van der Waals surface area contributed by atoms with Gasteiger partial charge in [-0.3, -0.25) is 4.90 Å². The second-order valence-corrected chi connectivity index (χ2v) is 6.88. The van der Waals surface area contributed by atoms with E-state index in [1.54, 1.807) is 0 Å². The SMILES string of the molecule is CN(CCN1CCCC1)C(CN)c1csc2ccccc12. The van der Waals surface area contributed by atoms with Gasteiger partial charge < -0.3 is 10.6 Å². The van der Waals surface area contributed by atoms with Crippen molar-refractivity contribution in [1.82, 2.24) is 9.80 Å². The van der Waals surface area contributed by atoms with Crippen molar-refractivity contribution in [3.8, 4) is 0 Å². The molecule has 1 aliphatic heterocycles. The molecular weight excluding hydrogens is 278 g/mol. The zero-order chi connectivity index (χ0) is 14.7. The molecule has 1 fully saturated rings. The van der Waals surface area contributed by atoms with E-state index in [0.29, 0.717) is 12.6 Å². The van der Waals surface area contributed by atoms with Gasteiger partial charge in [-0.15, -0.1) is 11.3 Å². The summed E-state index contributed by atoms with van der Waals surface area (Å²) in [5, 5.41) is 3.65. The fourth-order valence-electron chi connectivity index (χ4n) is 3.26. The zero-order valence-corrected chi connectivity index (χ0v) is 13.6. The van der Waals surface area contributed by atoms with Crippen molar-refractivity contribution in [3.05, 3.63) is 35.2 Å². The summed E-state index contributed by atoms with van der Waals surface area (Å²) in [6.45, 7) is 5.46. The molecule has 2 heterocycles. The Morgan fingerprint density at radius 3 is 2.81 bits per heavy atom. The van der Waals surface area contributed by atoms with Crippen LogP contribution in [-0.4, -0.2) is 49.6 Å². The van der Waals surface area contributed by atoms with Gasteiger partial charge in [-0.1, -0.05) is 18.2 Å². The van der Waals surface area contributed by atoms with Crippen molar-refractivity contribution < 1.29 is 0 Å². The second kappa shape index (κ2) is 6.88. The van der Waals surface area contributed by atoms with Crippen LogP contribution in [0, 0.1) is 0 Å². The molecule has 0 amide bonds. The summed E-state index contributed by atoms with van der Waals surface area (Å²) in [6.07, 6.45) is 2.72. The van der Waals surface area contributed by atoms with Gasteiger partial charge in [0.1, 0.15) is 0 Å². The van der Waals surface area contributed by atoms with E-state index >= 15 is 0 Å². The van der Waals surface area contributed by atoms with Crippen LogP contribution in [0.2, 0.25) is 0 Å². The monoisotopic (exact) mass is 303 g/mol. The predicted octanol–water partition coefficient (Wildman–Crippen LogP) is 2.93.